The van der Waals surface area contributed by atoms with Crippen LogP contribution in [0.3, 0.4) is 0 Å². The Morgan fingerprint density at radius 3 is 3.05 bits per heavy atom. The van der Waals surface area contributed by atoms with Crippen molar-refractivity contribution >= 4 is 22.7 Å². The van der Waals surface area contributed by atoms with Crippen LogP contribution in [0, 0.1) is 5.92 Å². The number of nitrogens with one attached hydrogen (secondary N) is 1. The van der Waals surface area contributed by atoms with Crippen molar-refractivity contribution in [3.8, 4) is 0 Å². The first kappa shape index (κ1) is 12.9. The standard InChI is InChI=1S/C16H20N2S/c1-2-17-16(13-8-10-19-11-13)14-7-3-5-12-6-4-9-18-15(12)14/h3-7,9,13,16-17H,2,8,10-11H2,1H3. The van der Waals surface area contributed by atoms with E-state index in [0.717, 1.165) is 18.0 Å². The number of thioether (sulfide) groups is 1. The maximum atomic E-state index is 4.61. The summed E-state index contributed by atoms with van der Waals surface area (Å²) < 4.78 is 0. The van der Waals surface area contributed by atoms with Gasteiger partial charge in [0, 0.05) is 17.6 Å². The van der Waals surface area contributed by atoms with Crippen molar-refractivity contribution in [2.24, 2.45) is 5.92 Å². The Labute approximate surface area is 119 Å². The molecule has 1 saturated heterocycles. The van der Waals surface area contributed by atoms with Gasteiger partial charge in [-0.15, -0.1) is 0 Å². The predicted octanol–water partition coefficient (Wildman–Crippen LogP) is 3.64. The fourth-order valence-electron chi connectivity index (χ4n) is 2.94. The van der Waals surface area contributed by atoms with Crippen LogP contribution < -0.4 is 5.32 Å². The highest BCUT2D eigenvalue weighted by Crippen LogP contribution is 2.36. The molecule has 2 unspecified atom stereocenters. The molecule has 0 amide bonds. The summed E-state index contributed by atoms with van der Waals surface area (Å²) in [5.74, 6) is 3.30. The second-order valence-corrected chi connectivity index (χ2v) is 6.23. The Bertz CT molecular complexity index is 544. The lowest BCUT2D eigenvalue weighted by atomic mass is 9.91. The predicted molar refractivity (Wildman–Crippen MR) is 83.6 cm³/mol. The van der Waals surface area contributed by atoms with Gasteiger partial charge in [-0.1, -0.05) is 31.2 Å². The monoisotopic (exact) mass is 272 g/mol. The summed E-state index contributed by atoms with van der Waals surface area (Å²) in [6, 6.07) is 11.2. The SMILES string of the molecule is CCNC(c1cccc2cccnc12)C1CCSC1. The average Bonchev–Trinajstić information content (AvgIpc) is 2.98. The molecule has 2 aromatic rings. The average molecular weight is 272 g/mol. The minimum atomic E-state index is 0.443. The van der Waals surface area contributed by atoms with Gasteiger partial charge >= 0.3 is 0 Å². The van der Waals surface area contributed by atoms with Gasteiger partial charge in [0.15, 0.2) is 0 Å². The van der Waals surface area contributed by atoms with Gasteiger partial charge in [-0.3, -0.25) is 4.98 Å². The van der Waals surface area contributed by atoms with Gasteiger partial charge < -0.3 is 5.32 Å². The highest BCUT2D eigenvalue weighted by atomic mass is 32.2. The minimum Gasteiger partial charge on any atom is -0.310 e. The molecule has 1 aliphatic heterocycles. The molecular formula is C16H20N2S. The van der Waals surface area contributed by atoms with Crippen molar-refractivity contribution in [1.29, 1.82) is 0 Å². The fourth-order valence-corrected chi connectivity index (χ4v) is 4.24. The summed E-state index contributed by atoms with van der Waals surface area (Å²) in [7, 11) is 0. The second kappa shape index (κ2) is 5.93. The molecule has 3 rings (SSSR count). The lowest BCUT2D eigenvalue weighted by Crippen LogP contribution is -2.28. The molecule has 0 bridgehead atoms. The molecule has 2 atom stereocenters. The Kier molecular flexibility index (Phi) is 4.04. The number of pyridine rings is 1. The van der Waals surface area contributed by atoms with Crippen molar-refractivity contribution in [2.75, 3.05) is 18.1 Å². The summed E-state index contributed by atoms with van der Waals surface area (Å²) in [6.45, 7) is 3.20. The summed E-state index contributed by atoms with van der Waals surface area (Å²) >= 11 is 2.08. The molecule has 19 heavy (non-hydrogen) atoms. The Morgan fingerprint density at radius 1 is 1.37 bits per heavy atom. The van der Waals surface area contributed by atoms with Gasteiger partial charge in [0.2, 0.25) is 0 Å². The van der Waals surface area contributed by atoms with E-state index in [1.54, 1.807) is 0 Å². The third-order valence-electron chi connectivity index (χ3n) is 3.86. The van der Waals surface area contributed by atoms with Crippen molar-refractivity contribution < 1.29 is 0 Å². The summed E-state index contributed by atoms with van der Waals surface area (Å²) in [6.07, 6.45) is 3.21. The maximum absolute atomic E-state index is 4.61. The molecule has 1 fully saturated rings. The van der Waals surface area contributed by atoms with E-state index in [1.165, 1.54) is 28.9 Å². The van der Waals surface area contributed by atoms with Crippen LogP contribution in [0.15, 0.2) is 36.5 Å². The van der Waals surface area contributed by atoms with Gasteiger partial charge in [0.1, 0.15) is 0 Å². The van der Waals surface area contributed by atoms with Crippen LogP contribution in [0.4, 0.5) is 0 Å². The molecule has 0 aliphatic carbocycles. The third kappa shape index (κ3) is 2.63. The minimum absolute atomic E-state index is 0.443. The van der Waals surface area contributed by atoms with Crippen LogP contribution in [-0.2, 0) is 0 Å². The lowest BCUT2D eigenvalue weighted by molar-refractivity contribution is 0.403. The molecular weight excluding hydrogens is 252 g/mol. The van der Waals surface area contributed by atoms with Crippen molar-refractivity contribution in [2.45, 2.75) is 19.4 Å². The zero-order valence-corrected chi connectivity index (χ0v) is 12.1. The van der Waals surface area contributed by atoms with Crippen LogP contribution in [0.5, 0.6) is 0 Å². The lowest BCUT2D eigenvalue weighted by Gasteiger charge is -2.25. The quantitative estimate of drug-likeness (QED) is 0.920. The Morgan fingerprint density at radius 2 is 2.26 bits per heavy atom. The van der Waals surface area contributed by atoms with E-state index in [4.69, 9.17) is 0 Å². The molecule has 1 aliphatic rings. The van der Waals surface area contributed by atoms with Gasteiger partial charge in [-0.05, 0) is 42.0 Å². The number of nitrogens with zero attached hydrogens (tertiary/aromatic N) is 1. The number of para-hydroxylation sites is 1. The van der Waals surface area contributed by atoms with Crippen LogP contribution in [0.2, 0.25) is 0 Å². The number of fused-ring (bicyclic) bond motifs is 1. The van der Waals surface area contributed by atoms with Crippen LogP contribution in [-0.4, -0.2) is 23.0 Å². The fraction of sp³-hybridized carbons (Fsp3) is 0.438. The molecule has 0 saturated carbocycles. The molecule has 1 N–H and O–H groups in total. The molecule has 0 radical (unpaired) electrons. The van der Waals surface area contributed by atoms with E-state index >= 15 is 0 Å². The molecule has 2 heterocycles. The van der Waals surface area contributed by atoms with Crippen molar-refractivity contribution in [3.63, 3.8) is 0 Å². The summed E-state index contributed by atoms with van der Waals surface area (Å²) in [4.78, 5) is 4.61. The van der Waals surface area contributed by atoms with E-state index in [9.17, 15) is 0 Å². The molecule has 2 nitrogen and oxygen atoms in total. The largest absolute Gasteiger partial charge is 0.310 e. The molecule has 0 spiro atoms. The van der Waals surface area contributed by atoms with Gasteiger partial charge in [0.05, 0.1) is 5.52 Å². The number of rotatable bonds is 4. The first-order valence-electron chi connectivity index (χ1n) is 7.05. The zero-order chi connectivity index (χ0) is 13.1. The highest BCUT2D eigenvalue weighted by molar-refractivity contribution is 7.99. The van der Waals surface area contributed by atoms with Crippen molar-refractivity contribution in [1.82, 2.24) is 10.3 Å². The van der Waals surface area contributed by atoms with Crippen LogP contribution >= 0.6 is 11.8 Å². The summed E-state index contributed by atoms with van der Waals surface area (Å²) in [5, 5.41) is 4.92. The molecule has 1 aromatic carbocycles. The van der Waals surface area contributed by atoms with E-state index in [2.05, 4.69) is 53.3 Å². The third-order valence-corrected chi connectivity index (χ3v) is 5.05. The molecule has 100 valence electrons. The second-order valence-electron chi connectivity index (χ2n) is 5.08. The van der Waals surface area contributed by atoms with Crippen LogP contribution in [0.1, 0.15) is 24.9 Å². The number of aromatic nitrogens is 1. The van der Waals surface area contributed by atoms with Gasteiger partial charge in [-0.2, -0.15) is 11.8 Å². The number of benzene rings is 1. The highest BCUT2D eigenvalue weighted by Gasteiger charge is 2.27. The maximum Gasteiger partial charge on any atom is 0.0749 e. The van der Waals surface area contributed by atoms with Gasteiger partial charge in [0.25, 0.3) is 0 Å². The zero-order valence-electron chi connectivity index (χ0n) is 11.3. The van der Waals surface area contributed by atoms with E-state index < -0.39 is 0 Å². The van der Waals surface area contributed by atoms with Crippen LogP contribution in [0.25, 0.3) is 10.9 Å². The van der Waals surface area contributed by atoms with Crippen molar-refractivity contribution in [3.05, 3.63) is 42.1 Å². The number of hydrogen-bond acceptors (Lipinski definition) is 3. The number of hydrogen-bond donors (Lipinski definition) is 1. The topological polar surface area (TPSA) is 24.9 Å². The summed E-state index contributed by atoms with van der Waals surface area (Å²) in [5.41, 5.74) is 2.53. The first-order chi connectivity index (χ1) is 9.40. The van der Waals surface area contributed by atoms with Gasteiger partial charge in [-0.25, -0.2) is 0 Å². The molecule has 1 aromatic heterocycles. The molecule has 3 heteroatoms. The Balaban J connectivity index is 2.03. The Hall–Kier alpha value is -1.06. The normalized spacial score (nSPS) is 20.8. The smallest absolute Gasteiger partial charge is 0.0749 e. The van der Waals surface area contributed by atoms with E-state index in [0.29, 0.717) is 6.04 Å². The first-order valence-corrected chi connectivity index (χ1v) is 8.20. The van der Waals surface area contributed by atoms with E-state index in [1.807, 2.05) is 12.3 Å². The van der Waals surface area contributed by atoms with E-state index in [-0.39, 0.29) is 0 Å².